The topological polar surface area (TPSA) is 57.5 Å². The molecule has 0 aliphatic heterocycles. The lowest BCUT2D eigenvalue weighted by atomic mass is 10.2. The molecule has 0 saturated carbocycles. The van der Waals surface area contributed by atoms with Crippen LogP contribution in [0.2, 0.25) is 0 Å². The molecule has 0 amide bonds. The molecule has 0 bridgehead atoms. The van der Waals surface area contributed by atoms with E-state index in [0.29, 0.717) is 18.6 Å². The van der Waals surface area contributed by atoms with Crippen molar-refractivity contribution in [1.82, 2.24) is 25.1 Å². The molecule has 2 aromatic rings. The largest absolute Gasteiger partial charge is 0.357 e. The molecule has 1 heterocycles. The molecule has 28 heavy (non-hydrogen) atoms. The van der Waals surface area contributed by atoms with Gasteiger partial charge >= 0.3 is 0 Å². The molecule has 1 aromatic carbocycles. The SMILES string of the molecule is CCNC(=NCc1nc2ccccc2n1C)NCCCN(C(C)C)C(C)C.I. The first-order chi connectivity index (χ1) is 12.9. The van der Waals surface area contributed by atoms with Crippen LogP contribution in [0.1, 0.15) is 46.9 Å². The Morgan fingerprint density at radius 3 is 2.43 bits per heavy atom. The summed E-state index contributed by atoms with van der Waals surface area (Å²) >= 11 is 0. The van der Waals surface area contributed by atoms with Crippen LogP contribution in [0.5, 0.6) is 0 Å². The molecular weight excluding hydrogens is 463 g/mol. The summed E-state index contributed by atoms with van der Waals surface area (Å²) in [6, 6.07) is 9.34. The Balaban J connectivity index is 0.00000392. The third-order valence-corrected chi connectivity index (χ3v) is 4.81. The molecule has 0 fully saturated rings. The standard InChI is InChI=1S/C21H36N6.HI/c1-7-22-21(23-13-10-14-27(16(2)3)17(4)5)24-15-20-25-18-11-8-9-12-19(18)26(20)6;/h8-9,11-12,16-17H,7,10,13-15H2,1-6H3,(H2,22,23,24);1H. The van der Waals surface area contributed by atoms with E-state index in [0.717, 1.165) is 48.9 Å². The van der Waals surface area contributed by atoms with Gasteiger partial charge in [-0.25, -0.2) is 9.98 Å². The van der Waals surface area contributed by atoms with Crippen molar-refractivity contribution in [3.8, 4) is 0 Å². The molecule has 0 saturated heterocycles. The van der Waals surface area contributed by atoms with E-state index >= 15 is 0 Å². The summed E-state index contributed by atoms with van der Waals surface area (Å²) < 4.78 is 2.12. The van der Waals surface area contributed by atoms with Gasteiger partial charge in [-0.15, -0.1) is 24.0 Å². The highest BCUT2D eigenvalue weighted by Crippen LogP contribution is 2.14. The van der Waals surface area contributed by atoms with Gasteiger partial charge in [-0.2, -0.15) is 0 Å². The van der Waals surface area contributed by atoms with Crippen LogP contribution in [0, 0.1) is 0 Å². The van der Waals surface area contributed by atoms with Crippen LogP contribution in [0.3, 0.4) is 0 Å². The van der Waals surface area contributed by atoms with Gasteiger partial charge in [0.15, 0.2) is 5.96 Å². The van der Waals surface area contributed by atoms with Crippen LogP contribution in [0.4, 0.5) is 0 Å². The third-order valence-electron chi connectivity index (χ3n) is 4.81. The fourth-order valence-electron chi connectivity index (χ4n) is 3.41. The fraction of sp³-hybridized carbons (Fsp3) is 0.619. The molecular formula is C21H37IN6. The maximum Gasteiger partial charge on any atom is 0.191 e. The van der Waals surface area contributed by atoms with Crippen molar-refractivity contribution < 1.29 is 0 Å². The van der Waals surface area contributed by atoms with Gasteiger partial charge in [-0.1, -0.05) is 12.1 Å². The predicted molar refractivity (Wildman–Crippen MR) is 131 cm³/mol. The molecule has 0 aliphatic rings. The number of halogens is 1. The number of benzene rings is 1. The zero-order valence-electron chi connectivity index (χ0n) is 18.2. The molecule has 6 nitrogen and oxygen atoms in total. The number of fused-ring (bicyclic) bond motifs is 1. The number of aromatic nitrogens is 2. The molecule has 0 radical (unpaired) electrons. The number of para-hydroxylation sites is 2. The van der Waals surface area contributed by atoms with E-state index < -0.39 is 0 Å². The van der Waals surface area contributed by atoms with Crippen molar-refractivity contribution >= 4 is 41.0 Å². The summed E-state index contributed by atoms with van der Waals surface area (Å²) in [6.45, 7) is 14.5. The first kappa shape index (κ1) is 24.7. The second-order valence-electron chi connectivity index (χ2n) is 7.48. The summed E-state index contributed by atoms with van der Waals surface area (Å²) in [7, 11) is 2.05. The van der Waals surface area contributed by atoms with Crippen molar-refractivity contribution in [3.05, 3.63) is 30.1 Å². The summed E-state index contributed by atoms with van der Waals surface area (Å²) in [6.07, 6.45) is 1.09. The van der Waals surface area contributed by atoms with Crippen LogP contribution in [-0.4, -0.2) is 52.1 Å². The van der Waals surface area contributed by atoms with Crippen LogP contribution in [-0.2, 0) is 13.6 Å². The quantitative estimate of drug-likeness (QED) is 0.238. The zero-order valence-corrected chi connectivity index (χ0v) is 20.5. The number of nitrogens with zero attached hydrogens (tertiary/aromatic N) is 4. The second-order valence-corrected chi connectivity index (χ2v) is 7.48. The highest BCUT2D eigenvalue weighted by atomic mass is 127. The number of nitrogens with one attached hydrogen (secondary N) is 2. The lowest BCUT2D eigenvalue weighted by Gasteiger charge is -2.30. The van der Waals surface area contributed by atoms with Crippen LogP contribution in [0.15, 0.2) is 29.3 Å². The van der Waals surface area contributed by atoms with Gasteiger partial charge in [0.1, 0.15) is 12.4 Å². The van der Waals surface area contributed by atoms with E-state index in [2.05, 4.69) is 60.8 Å². The smallest absolute Gasteiger partial charge is 0.191 e. The highest BCUT2D eigenvalue weighted by Gasteiger charge is 2.12. The molecule has 158 valence electrons. The van der Waals surface area contributed by atoms with Gasteiger partial charge < -0.3 is 15.2 Å². The number of guanidine groups is 1. The normalized spacial score (nSPS) is 12.1. The Bertz CT molecular complexity index is 730. The Hall–Kier alpha value is -1.35. The fourth-order valence-corrected chi connectivity index (χ4v) is 3.41. The zero-order chi connectivity index (χ0) is 19.8. The third kappa shape index (κ3) is 6.92. The summed E-state index contributed by atoms with van der Waals surface area (Å²) in [5, 5.41) is 6.78. The van der Waals surface area contributed by atoms with E-state index in [1.807, 2.05) is 25.2 Å². The predicted octanol–water partition coefficient (Wildman–Crippen LogP) is 3.76. The first-order valence-corrected chi connectivity index (χ1v) is 10.1. The number of aliphatic imine (C=N–C) groups is 1. The molecule has 0 spiro atoms. The molecule has 0 unspecified atom stereocenters. The Morgan fingerprint density at radius 2 is 1.82 bits per heavy atom. The molecule has 0 atom stereocenters. The van der Waals surface area contributed by atoms with E-state index in [4.69, 9.17) is 9.98 Å². The van der Waals surface area contributed by atoms with Crippen LogP contribution < -0.4 is 10.6 Å². The monoisotopic (exact) mass is 500 g/mol. The minimum atomic E-state index is 0. The maximum absolute atomic E-state index is 4.72. The summed E-state index contributed by atoms with van der Waals surface area (Å²) in [5.74, 6) is 1.82. The number of hydrogen-bond donors (Lipinski definition) is 2. The Labute approximate surface area is 187 Å². The minimum absolute atomic E-state index is 0. The van der Waals surface area contributed by atoms with Crippen molar-refractivity contribution in [3.63, 3.8) is 0 Å². The lowest BCUT2D eigenvalue weighted by Crippen LogP contribution is -2.41. The Kier molecular flexibility index (Phi) is 10.8. The van der Waals surface area contributed by atoms with E-state index in [1.54, 1.807) is 0 Å². The second kappa shape index (κ2) is 12.3. The van der Waals surface area contributed by atoms with E-state index in [9.17, 15) is 0 Å². The van der Waals surface area contributed by atoms with E-state index in [1.165, 1.54) is 0 Å². The number of imidazole rings is 1. The van der Waals surface area contributed by atoms with Gasteiger partial charge in [0.2, 0.25) is 0 Å². The summed E-state index contributed by atoms with van der Waals surface area (Å²) in [5.41, 5.74) is 2.16. The number of aryl methyl sites for hydroxylation is 1. The Morgan fingerprint density at radius 1 is 1.14 bits per heavy atom. The molecule has 2 N–H and O–H groups in total. The van der Waals surface area contributed by atoms with Gasteiger partial charge in [0.25, 0.3) is 0 Å². The minimum Gasteiger partial charge on any atom is -0.357 e. The molecule has 1 aromatic heterocycles. The van der Waals surface area contributed by atoms with E-state index in [-0.39, 0.29) is 24.0 Å². The van der Waals surface area contributed by atoms with Crippen LogP contribution in [0.25, 0.3) is 11.0 Å². The van der Waals surface area contributed by atoms with Gasteiger partial charge in [0.05, 0.1) is 11.0 Å². The van der Waals surface area contributed by atoms with Crippen molar-refractivity contribution in [1.29, 1.82) is 0 Å². The van der Waals surface area contributed by atoms with Crippen molar-refractivity contribution in [2.75, 3.05) is 19.6 Å². The van der Waals surface area contributed by atoms with Crippen molar-refractivity contribution in [2.24, 2.45) is 12.0 Å². The van der Waals surface area contributed by atoms with Gasteiger partial charge in [0, 0.05) is 38.8 Å². The average Bonchev–Trinajstić information content (AvgIpc) is 2.95. The number of hydrogen-bond acceptors (Lipinski definition) is 3. The molecule has 2 rings (SSSR count). The first-order valence-electron chi connectivity index (χ1n) is 10.1. The summed E-state index contributed by atoms with van der Waals surface area (Å²) in [4.78, 5) is 11.9. The van der Waals surface area contributed by atoms with Crippen LogP contribution >= 0.6 is 24.0 Å². The molecule has 7 heteroatoms. The highest BCUT2D eigenvalue weighted by molar-refractivity contribution is 14.0. The maximum atomic E-state index is 4.72. The average molecular weight is 500 g/mol. The van der Waals surface area contributed by atoms with Gasteiger partial charge in [-0.05, 0) is 53.2 Å². The lowest BCUT2D eigenvalue weighted by molar-refractivity contribution is 0.173. The van der Waals surface area contributed by atoms with Gasteiger partial charge in [-0.3, -0.25) is 4.90 Å². The molecule has 0 aliphatic carbocycles. The number of rotatable bonds is 9. The van der Waals surface area contributed by atoms with Crippen molar-refractivity contribution in [2.45, 2.75) is 59.7 Å².